The van der Waals surface area contributed by atoms with Crippen molar-refractivity contribution in [1.82, 2.24) is 5.32 Å². The standard InChI is InChI=1S/C15H22FNO2/c1-2-8-17-10-15(19-14-7-9-18-11-14)12-3-5-13(16)6-4-12/h3-6,14-15,17H,2,7-11H2,1H3. The second-order valence-corrected chi connectivity index (χ2v) is 4.87. The molecule has 1 heterocycles. The molecule has 1 aromatic carbocycles. The smallest absolute Gasteiger partial charge is 0.123 e. The first-order valence-corrected chi connectivity index (χ1v) is 6.99. The predicted octanol–water partition coefficient (Wildman–Crippen LogP) is 2.67. The van der Waals surface area contributed by atoms with Gasteiger partial charge in [0.25, 0.3) is 0 Å². The molecule has 3 nitrogen and oxygen atoms in total. The number of halogens is 1. The third kappa shape index (κ3) is 4.56. The number of rotatable bonds is 7. The third-order valence-electron chi connectivity index (χ3n) is 3.24. The van der Waals surface area contributed by atoms with Crippen molar-refractivity contribution >= 4 is 0 Å². The molecular weight excluding hydrogens is 245 g/mol. The van der Waals surface area contributed by atoms with Gasteiger partial charge in [0.2, 0.25) is 0 Å². The first kappa shape index (κ1) is 14.4. The number of hydrogen-bond acceptors (Lipinski definition) is 3. The van der Waals surface area contributed by atoms with Gasteiger partial charge in [-0.2, -0.15) is 0 Å². The molecule has 1 N–H and O–H groups in total. The Balaban J connectivity index is 1.97. The highest BCUT2D eigenvalue weighted by atomic mass is 19.1. The van der Waals surface area contributed by atoms with Crippen molar-refractivity contribution in [3.8, 4) is 0 Å². The SMILES string of the molecule is CCCNCC(OC1CCOC1)c1ccc(F)cc1. The van der Waals surface area contributed by atoms with Crippen LogP contribution in [0.3, 0.4) is 0 Å². The van der Waals surface area contributed by atoms with Crippen molar-refractivity contribution in [1.29, 1.82) is 0 Å². The normalized spacial score (nSPS) is 20.6. The van der Waals surface area contributed by atoms with Gasteiger partial charge in [0.15, 0.2) is 0 Å². The summed E-state index contributed by atoms with van der Waals surface area (Å²) >= 11 is 0. The summed E-state index contributed by atoms with van der Waals surface area (Å²) in [6.07, 6.45) is 2.13. The Morgan fingerprint density at radius 2 is 2.21 bits per heavy atom. The molecule has 0 aromatic heterocycles. The van der Waals surface area contributed by atoms with Crippen molar-refractivity contribution in [3.05, 3.63) is 35.6 Å². The van der Waals surface area contributed by atoms with Gasteiger partial charge in [-0.25, -0.2) is 4.39 Å². The lowest BCUT2D eigenvalue weighted by Crippen LogP contribution is -2.27. The quantitative estimate of drug-likeness (QED) is 0.770. The maximum Gasteiger partial charge on any atom is 0.123 e. The van der Waals surface area contributed by atoms with Crippen LogP contribution in [0.5, 0.6) is 0 Å². The van der Waals surface area contributed by atoms with Crippen molar-refractivity contribution in [2.75, 3.05) is 26.3 Å². The van der Waals surface area contributed by atoms with Crippen LogP contribution in [0, 0.1) is 5.82 Å². The molecule has 1 aliphatic rings. The van der Waals surface area contributed by atoms with E-state index in [-0.39, 0.29) is 18.0 Å². The van der Waals surface area contributed by atoms with E-state index in [1.807, 2.05) is 0 Å². The molecule has 2 atom stereocenters. The molecule has 0 aliphatic carbocycles. The van der Waals surface area contributed by atoms with Gasteiger partial charge in [-0.1, -0.05) is 19.1 Å². The van der Waals surface area contributed by atoms with Crippen LogP contribution in [0.15, 0.2) is 24.3 Å². The molecule has 1 saturated heterocycles. The summed E-state index contributed by atoms with van der Waals surface area (Å²) in [6, 6.07) is 6.56. The summed E-state index contributed by atoms with van der Waals surface area (Å²) < 4.78 is 24.4. The molecule has 2 unspecified atom stereocenters. The topological polar surface area (TPSA) is 30.5 Å². The van der Waals surface area contributed by atoms with E-state index in [0.29, 0.717) is 6.61 Å². The molecule has 1 fully saturated rings. The highest BCUT2D eigenvalue weighted by Crippen LogP contribution is 2.22. The fourth-order valence-electron chi connectivity index (χ4n) is 2.18. The van der Waals surface area contributed by atoms with E-state index in [2.05, 4.69) is 12.2 Å². The first-order valence-electron chi connectivity index (χ1n) is 6.99. The highest BCUT2D eigenvalue weighted by Gasteiger charge is 2.22. The number of nitrogens with one attached hydrogen (secondary N) is 1. The van der Waals surface area contributed by atoms with Crippen molar-refractivity contribution in [3.63, 3.8) is 0 Å². The minimum Gasteiger partial charge on any atom is -0.379 e. The maximum absolute atomic E-state index is 13.0. The van der Waals surface area contributed by atoms with Crippen LogP contribution in [0.1, 0.15) is 31.4 Å². The van der Waals surface area contributed by atoms with Crippen LogP contribution < -0.4 is 5.32 Å². The van der Waals surface area contributed by atoms with E-state index >= 15 is 0 Å². The van der Waals surface area contributed by atoms with E-state index in [1.165, 1.54) is 12.1 Å². The van der Waals surface area contributed by atoms with Gasteiger partial charge in [-0.3, -0.25) is 0 Å². The summed E-state index contributed by atoms with van der Waals surface area (Å²) in [5.74, 6) is -0.215. The molecule has 0 spiro atoms. The van der Waals surface area contributed by atoms with Crippen molar-refractivity contribution < 1.29 is 13.9 Å². The van der Waals surface area contributed by atoms with Crippen LogP contribution in [0.2, 0.25) is 0 Å². The average molecular weight is 267 g/mol. The molecular formula is C15H22FNO2. The number of ether oxygens (including phenoxy) is 2. The fourth-order valence-corrected chi connectivity index (χ4v) is 2.18. The Labute approximate surface area is 114 Å². The van der Waals surface area contributed by atoms with Crippen LogP contribution >= 0.6 is 0 Å². The average Bonchev–Trinajstić information content (AvgIpc) is 2.92. The number of benzene rings is 1. The van der Waals surface area contributed by atoms with Gasteiger partial charge in [0.1, 0.15) is 5.82 Å². The van der Waals surface area contributed by atoms with Crippen LogP contribution in [0.4, 0.5) is 4.39 Å². The molecule has 4 heteroatoms. The summed E-state index contributed by atoms with van der Waals surface area (Å²) in [4.78, 5) is 0. The van der Waals surface area contributed by atoms with E-state index < -0.39 is 0 Å². The van der Waals surface area contributed by atoms with Crippen LogP contribution in [-0.2, 0) is 9.47 Å². The lowest BCUT2D eigenvalue weighted by atomic mass is 10.1. The number of hydrogen-bond donors (Lipinski definition) is 1. The third-order valence-corrected chi connectivity index (χ3v) is 3.24. The lowest BCUT2D eigenvalue weighted by Gasteiger charge is -2.22. The molecule has 0 amide bonds. The zero-order valence-electron chi connectivity index (χ0n) is 11.4. The molecule has 1 aliphatic heterocycles. The maximum atomic E-state index is 13.0. The zero-order valence-corrected chi connectivity index (χ0v) is 11.4. The van der Waals surface area contributed by atoms with Gasteiger partial charge < -0.3 is 14.8 Å². The van der Waals surface area contributed by atoms with Crippen LogP contribution in [-0.4, -0.2) is 32.4 Å². The van der Waals surface area contributed by atoms with Gasteiger partial charge in [0, 0.05) is 13.2 Å². The lowest BCUT2D eigenvalue weighted by molar-refractivity contribution is -0.0164. The van der Waals surface area contributed by atoms with E-state index in [1.54, 1.807) is 12.1 Å². The highest BCUT2D eigenvalue weighted by molar-refractivity contribution is 5.19. The summed E-state index contributed by atoms with van der Waals surface area (Å²) in [5, 5.41) is 3.36. The fraction of sp³-hybridized carbons (Fsp3) is 0.600. The zero-order chi connectivity index (χ0) is 13.5. The molecule has 0 radical (unpaired) electrons. The van der Waals surface area contributed by atoms with Crippen molar-refractivity contribution in [2.45, 2.75) is 32.0 Å². The largest absolute Gasteiger partial charge is 0.379 e. The van der Waals surface area contributed by atoms with E-state index in [9.17, 15) is 4.39 Å². The Morgan fingerprint density at radius 1 is 1.42 bits per heavy atom. The second kappa shape index (κ2) is 7.58. The van der Waals surface area contributed by atoms with Gasteiger partial charge in [-0.05, 0) is 37.1 Å². The summed E-state index contributed by atoms with van der Waals surface area (Å²) in [7, 11) is 0. The van der Waals surface area contributed by atoms with Gasteiger partial charge >= 0.3 is 0 Å². The molecule has 106 valence electrons. The van der Waals surface area contributed by atoms with E-state index in [4.69, 9.17) is 9.47 Å². The summed E-state index contributed by atoms with van der Waals surface area (Å²) in [6.45, 7) is 5.26. The molecule has 19 heavy (non-hydrogen) atoms. The molecule has 0 saturated carbocycles. The van der Waals surface area contributed by atoms with Gasteiger partial charge in [-0.15, -0.1) is 0 Å². The monoisotopic (exact) mass is 267 g/mol. The van der Waals surface area contributed by atoms with Crippen LogP contribution in [0.25, 0.3) is 0 Å². The Kier molecular flexibility index (Phi) is 5.76. The summed E-state index contributed by atoms with van der Waals surface area (Å²) in [5.41, 5.74) is 1.01. The minimum atomic E-state index is -0.215. The van der Waals surface area contributed by atoms with Gasteiger partial charge in [0.05, 0.1) is 18.8 Å². The Bertz CT molecular complexity index is 363. The first-order chi connectivity index (χ1) is 9.29. The predicted molar refractivity (Wildman–Crippen MR) is 72.6 cm³/mol. The Hall–Kier alpha value is -0.970. The van der Waals surface area contributed by atoms with Crippen molar-refractivity contribution in [2.24, 2.45) is 0 Å². The Morgan fingerprint density at radius 3 is 2.84 bits per heavy atom. The van der Waals surface area contributed by atoms with E-state index in [0.717, 1.165) is 38.1 Å². The molecule has 1 aromatic rings. The molecule has 0 bridgehead atoms. The minimum absolute atomic E-state index is 0.0427. The second-order valence-electron chi connectivity index (χ2n) is 4.87. The molecule has 2 rings (SSSR count).